The van der Waals surface area contributed by atoms with Crippen molar-refractivity contribution in [2.24, 2.45) is 0 Å². The van der Waals surface area contributed by atoms with E-state index in [1.165, 1.54) is 29.1 Å². The van der Waals surface area contributed by atoms with Gasteiger partial charge in [0, 0.05) is 31.1 Å². The number of rotatable bonds is 5. The summed E-state index contributed by atoms with van der Waals surface area (Å²) in [5, 5.41) is 27.1. The Labute approximate surface area is 193 Å². The van der Waals surface area contributed by atoms with Crippen molar-refractivity contribution >= 4 is 15.9 Å². The van der Waals surface area contributed by atoms with Crippen LogP contribution in [0.5, 0.6) is 11.5 Å². The van der Waals surface area contributed by atoms with Crippen molar-refractivity contribution in [3.63, 3.8) is 0 Å². The quantitative estimate of drug-likeness (QED) is 0.389. The Hall–Kier alpha value is -4.45. The first kappa shape index (κ1) is 22.7. The molecule has 11 nitrogen and oxygen atoms in total. The molecule has 4 aromatic rings. The fourth-order valence-electron chi connectivity index (χ4n) is 3.39. The van der Waals surface area contributed by atoms with Crippen LogP contribution in [0.3, 0.4) is 0 Å². The number of aromatic amines is 1. The smallest absolute Gasteiger partial charge is 0.348 e. The van der Waals surface area contributed by atoms with Gasteiger partial charge in [0.05, 0.1) is 11.3 Å². The van der Waals surface area contributed by atoms with Gasteiger partial charge in [-0.15, -0.1) is 0 Å². The third-order valence-corrected chi connectivity index (χ3v) is 6.97. The van der Waals surface area contributed by atoms with Gasteiger partial charge in [0.15, 0.2) is 5.82 Å². The third kappa shape index (κ3) is 3.79. The van der Waals surface area contributed by atoms with Crippen LogP contribution < -0.4 is 5.69 Å². The van der Waals surface area contributed by atoms with Crippen molar-refractivity contribution in [1.82, 2.24) is 24.1 Å². The summed E-state index contributed by atoms with van der Waals surface area (Å²) < 4.78 is 28.1. The summed E-state index contributed by atoms with van der Waals surface area (Å²) in [6, 6.07) is 11.4. The van der Waals surface area contributed by atoms with Crippen molar-refractivity contribution in [1.29, 1.82) is 0 Å². The summed E-state index contributed by atoms with van der Waals surface area (Å²) in [6.07, 6.45) is 2.68. The van der Waals surface area contributed by atoms with E-state index in [0.717, 1.165) is 24.7 Å². The molecule has 2 aromatic heterocycles. The zero-order valence-corrected chi connectivity index (χ0v) is 18.8. The number of H-pyrrole nitrogens is 1. The van der Waals surface area contributed by atoms with Gasteiger partial charge in [-0.25, -0.2) is 27.2 Å². The summed E-state index contributed by atoms with van der Waals surface area (Å²) in [6.45, 7) is 1.77. The lowest BCUT2D eigenvalue weighted by Crippen LogP contribution is -2.33. The highest BCUT2D eigenvalue weighted by Gasteiger charge is 2.31. The van der Waals surface area contributed by atoms with Gasteiger partial charge < -0.3 is 10.2 Å². The molecule has 0 saturated carbocycles. The lowest BCUT2D eigenvalue weighted by Gasteiger charge is -2.19. The van der Waals surface area contributed by atoms with Crippen LogP contribution in [-0.4, -0.2) is 55.6 Å². The first-order valence-electron chi connectivity index (χ1n) is 9.86. The number of carbonyl (C=O) groups is 1. The third-order valence-electron chi connectivity index (χ3n) is 5.20. The number of para-hydroxylation sites is 1. The molecule has 2 heterocycles. The minimum Gasteiger partial charge on any atom is -0.507 e. The molecule has 0 radical (unpaired) electrons. The molecular weight excluding hydrogens is 462 g/mol. The number of phenolic OH excluding ortho intramolecular Hbond substituents is 2. The second-order valence-electron chi connectivity index (χ2n) is 7.32. The van der Waals surface area contributed by atoms with Crippen LogP contribution in [0, 0.1) is 6.92 Å². The number of benzene rings is 2. The minimum absolute atomic E-state index is 0.0697. The molecule has 12 heteroatoms. The van der Waals surface area contributed by atoms with Gasteiger partial charge in [-0.2, -0.15) is 5.10 Å². The normalized spacial score (nSPS) is 11.4. The topological polar surface area (TPSA) is 158 Å². The van der Waals surface area contributed by atoms with E-state index in [1.54, 1.807) is 31.2 Å². The maximum absolute atomic E-state index is 13.2. The highest BCUT2D eigenvalue weighted by atomic mass is 32.2. The predicted octanol–water partition coefficient (Wildman–Crippen LogP) is 1.80. The molecule has 0 aliphatic carbocycles. The Bertz CT molecular complexity index is 1560. The van der Waals surface area contributed by atoms with E-state index in [-0.39, 0.29) is 17.0 Å². The fraction of sp³-hybridized carbons (Fsp3) is 0.0909. The minimum atomic E-state index is -4.57. The van der Waals surface area contributed by atoms with Crippen LogP contribution in [0.4, 0.5) is 0 Å². The lowest BCUT2D eigenvalue weighted by atomic mass is 10.1. The predicted molar refractivity (Wildman–Crippen MR) is 121 cm³/mol. The molecular formula is C22H19N5O6S. The van der Waals surface area contributed by atoms with Crippen LogP contribution in [0.15, 0.2) is 70.6 Å². The molecule has 0 bridgehead atoms. The number of aromatic hydroxyl groups is 2. The average molecular weight is 481 g/mol. The van der Waals surface area contributed by atoms with E-state index < -0.39 is 38.0 Å². The number of nitrogens with zero attached hydrogens (tertiary/aromatic N) is 4. The summed E-state index contributed by atoms with van der Waals surface area (Å²) in [5.41, 5.74) is 0.480. The van der Waals surface area contributed by atoms with Crippen LogP contribution in [0.2, 0.25) is 0 Å². The first-order chi connectivity index (χ1) is 16.1. The maximum Gasteiger partial charge on any atom is 0.348 e. The van der Waals surface area contributed by atoms with Gasteiger partial charge in [-0.05, 0) is 36.8 Å². The highest BCUT2D eigenvalue weighted by Crippen LogP contribution is 2.37. The van der Waals surface area contributed by atoms with E-state index in [9.17, 15) is 28.2 Å². The maximum atomic E-state index is 13.2. The van der Waals surface area contributed by atoms with Crippen molar-refractivity contribution < 1.29 is 23.4 Å². The van der Waals surface area contributed by atoms with E-state index in [4.69, 9.17) is 0 Å². The van der Waals surface area contributed by atoms with Gasteiger partial charge in [0.25, 0.3) is 15.9 Å². The number of aryl methyl sites for hydroxylation is 1. The molecule has 34 heavy (non-hydrogen) atoms. The number of pyridine rings is 1. The SMILES string of the molecule is Cc1ccccc1-n1c(-c2cc(S(=O)(=O)N(C)C(=O)c3ccncc3)c(O)cc2O)n[nH]c1=O. The number of aromatic nitrogens is 4. The molecule has 174 valence electrons. The van der Waals surface area contributed by atoms with Gasteiger partial charge in [0.1, 0.15) is 16.4 Å². The molecule has 0 aliphatic rings. The molecule has 0 aliphatic heterocycles. The Morgan fingerprint density at radius 2 is 1.74 bits per heavy atom. The summed E-state index contributed by atoms with van der Waals surface area (Å²) in [5.74, 6) is -2.24. The number of carbonyl (C=O) groups excluding carboxylic acids is 1. The highest BCUT2D eigenvalue weighted by molar-refractivity contribution is 7.89. The Morgan fingerprint density at radius 3 is 2.41 bits per heavy atom. The Morgan fingerprint density at radius 1 is 1.06 bits per heavy atom. The Balaban J connectivity index is 1.86. The zero-order chi connectivity index (χ0) is 24.6. The molecule has 4 rings (SSSR count). The van der Waals surface area contributed by atoms with Gasteiger partial charge in [0.2, 0.25) is 0 Å². The second-order valence-corrected chi connectivity index (χ2v) is 9.26. The number of nitrogens with one attached hydrogen (secondary N) is 1. The van der Waals surface area contributed by atoms with Gasteiger partial charge in [-0.1, -0.05) is 18.2 Å². The monoisotopic (exact) mass is 481 g/mol. The van der Waals surface area contributed by atoms with Crippen molar-refractivity contribution in [3.05, 3.63) is 82.5 Å². The first-order valence-corrected chi connectivity index (χ1v) is 11.3. The molecule has 2 aromatic carbocycles. The molecule has 1 amide bonds. The number of phenols is 2. The number of hydrogen-bond acceptors (Lipinski definition) is 8. The average Bonchev–Trinajstić information content (AvgIpc) is 3.19. The number of sulfonamides is 1. The van der Waals surface area contributed by atoms with Gasteiger partial charge in [-0.3, -0.25) is 9.78 Å². The zero-order valence-electron chi connectivity index (χ0n) is 18.0. The molecule has 0 saturated heterocycles. The molecule has 0 unspecified atom stereocenters. The molecule has 0 atom stereocenters. The Kier molecular flexibility index (Phi) is 5.67. The van der Waals surface area contributed by atoms with E-state index in [1.807, 2.05) is 0 Å². The molecule has 3 N–H and O–H groups in total. The van der Waals surface area contributed by atoms with E-state index in [2.05, 4.69) is 15.2 Å². The van der Waals surface area contributed by atoms with E-state index >= 15 is 0 Å². The second kappa shape index (κ2) is 8.48. The van der Waals surface area contributed by atoms with E-state index in [0.29, 0.717) is 9.99 Å². The van der Waals surface area contributed by atoms with Crippen LogP contribution in [0.1, 0.15) is 15.9 Å². The van der Waals surface area contributed by atoms with Crippen molar-refractivity contribution in [3.8, 4) is 28.6 Å². The largest absolute Gasteiger partial charge is 0.507 e. The summed E-state index contributed by atoms with van der Waals surface area (Å²) in [4.78, 5) is 28.4. The molecule has 0 fully saturated rings. The lowest BCUT2D eigenvalue weighted by molar-refractivity contribution is 0.0883. The fourth-order valence-corrected chi connectivity index (χ4v) is 4.60. The van der Waals surface area contributed by atoms with Crippen LogP contribution >= 0.6 is 0 Å². The van der Waals surface area contributed by atoms with Crippen LogP contribution in [-0.2, 0) is 10.0 Å². The van der Waals surface area contributed by atoms with Crippen molar-refractivity contribution in [2.45, 2.75) is 11.8 Å². The standard InChI is InChI=1S/C22H19N5O6S/c1-13-5-3-4-6-16(13)27-20(24-25-22(27)31)15-11-19(18(29)12-17(15)28)34(32,33)26(2)21(30)14-7-9-23-10-8-14/h3-12,28-29H,1-2H3,(H,25,31). The number of hydrogen-bond donors (Lipinski definition) is 3. The van der Waals surface area contributed by atoms with Crippen LogP contribution in [0.25, 0.3) is 17.1 Å². The van der Waals surface area contributed by atoms with Gasteiger partial charge >= 0.3 is 5.69 Å². The summed E-state index contributed by atoms with van der Waals surface area (Å²) in [7, 11) is -3.52. The van der Waals surface area contributed by atoms with Crippen molar-refractivity contribution in [2.75, 3.05) is 7.05 Å². The molecule has 0 spiro atoms. The number of amides is 1. The summed E-state index contributed by atoms with van der Waals surface area (Å²) >= 11 is 0.